The fourth-order valence-corrected chi connectivity index (χ4v) is 2.04. The standard InChI is InChI=1S/C10H15ClN2OS/c1-8(10-12-6-7-15-10)13-9(14)4-2-3-5-11/h6-8H,2-5H2,1H3,(H,13,14). The van der Waals surface area contributed by atoms with Crippen LogP contribution in [0.25, 0.3) is 0 Å². The second-order valence-corrected chi connectivity index (χ2v) is 4.61. The minimum absolute atomic E-state index is 0.00787. The van der Waals surface area contributed by atoms with Crippen LogP contribution >= 0.6 is 22.9 Å². The lowest BCUT2D eigenvalue weighted by Gasteiger charge is -2.10. The van der Waals surface area contributed by atoms with Crippen LogP contribution in [0.3, 0.4) is 0 Å². The minimum Gasteiger partial charge on any atom is -0.347 e. The molecule has 5 heteroatoms. The quantitative estimate of drug-likeness (QED) is 0.620. The third kappa shape index (κ3) is 4.62. The first-order valence-electron chi connectivity index (χ1n) is 4.98. The predicted octanol–water partition coefficient (Wildman–Crippen LogP) is 2.73. The SMILES string of the molecule is CC(NC(=O)CCCCCl)c1nccs1. The number of nitrogens with one attached hydrogen (secondary N) is 1. The number of alkyl halides is 1. The molecule has 0 aliphatic rings. The molecule has 15 heavy (non-hydrogen) atoms. The molecule has 1 rings (SSSR count). The number of aromatic nitrogens is 1. The molecule has 1 aromatic heterocycles. The summed E-state index contributed by atoms with van der Waals surface area (Å²) < 4.78 is 0. The van der Waals surface area contributed by atoms with Crippen molar-refractivity contribution in [1.29, 1.82) is 0 Å². The molecule has 0 bridgehead atoms. The number of amides is 1. The maximum atomic E-state index is 11.4. The van der Waals surface area contributed by atoms with Crippen LogP contribution in [0.2, 0.25) is 0 Å². The summed E-state index contributed by atoms with van der Waals surface area (Å²) in [7, 11) is 0. The molecular weight excluding hydrogens is 232 g/mol. The summed E-state index contributed by atoms with van der Waals surface area (Å²) in [5.74, 6) is 0.692. The summed E-state index contributed by atoms with van der Waals surface area (Å²) in [6, 6.07) is 0.00787. The van der Waals surface area contributed by atoms with Gasteiger partial charge in [-0.05, 0) is 19.8 Å². The van der Waals surface area contributed by atoms with Gasteiger partial charge in [-0.2, -0.15) is 0 Å². The zero-order chi connectivity index (χ0) is 11.1. The van der Waals surface area contributed by atoms with Gasteiger partial charge in [-0.25, -0.2) is 4.98 Å². The van der Waals surface area contributed by atoms with Gasteiger partial charge in [0.25, 0.3) is 0 Å². The van der Waals surface area contributed by atoms with Gasteiger partial charge >= 0.3 is 0 Å². The van der Waals surface area contributed by atoms with Crippen molar-refractivity contribution in [2.24, 2.45) is 0 Å². The van der Waals surface area contributed by atoms with Crippen LogP contribution < -0.4 is 5.32 Å². The van der Waals surface area contributed by atoms with Crippen molar-refractivity contribution in [3.63, 3.8) is 0 Å². The van der Waals surface area contributed by atoms with E-state index in [1.165, 1.54) is 0 Å². The van der Waals surface area contributed by atoms with E-state index < -0.39 is 0 Å². The predicted molar refractivity (Wildman–Crippen MR) is 63.2 cm³/mol. The van der Waals surface area contributed by atoms with Crippen LogP contribution in [0.15, 0.2) is 11.6 Å². The first-order valence-corrected chi connectivity index (χ1v) is 6.40. The number of hydrogen-bond donors (Lipinski definition) is 1. The lowest BCUT2D eigenvalue weighted by molar-refractivity contribution is -0.121. The van der Waals surface area contributed by atoms with Crippen LogP contribution in [-0.2, 0) is 4.79 Å². The van der Waals surface area contributed by atoms with E-state index in [0.29, 0.717) is 12.3 Å². The molecule has 1 N–H and O–H groups in total. The third-order valence-electron chi connectivity index (χ3n) is 1.99. The van der Waals surface area contributed by atoms with Crippen LogP contribution in [0, 0.1) is 0 Å². The van der Waals surface area contributed by atoms with E-state index in [1.807, 2.05) is 12.3 Å². The number of carbonyl (C=O) groups excluding carboxylic acids is 1. The molecule has 0 aromatic carbocycles. The highest BCUT2D eigenvalue weighted by Crippen LogP contribution is 2.14. The van der Waals surface area contributed by atoms with E-state index in [0.717, 1.165) is 17.8 Å². The van der Waals surface area contributed by atoms with E-state index in [1.54, 1.807) is 17.5 Å². The van der Waals surface area contributed by atoms with Gasteiger partial charge in [-0.1, -0.05) is 0 Å². The van der Waals surface area contributed by atoms with Gasteiger partial charge in [-0.15, -0.1) is 22.9 Å². The van der Waals surface area contributed by atoms with Crippen LogP contribution in [0.4, 0.5) is 0 Å². The number of thiazole rings is 1. The molecule has 0 aliphatic heterocycles. The highest BCUT2D eigenvalue weighted by molar-refractivity contribution is 7.09. The molecule has 1 heterocycles. The Morgan fingerprint density at radius 3 is 3.07 bits per heavy atom. The summed E-state index contributed by atoms with van der Waals surface area (Å²) in [5, 5.41) is 5.76. The molecule has 1 unspecified atom stereocenters. The Morgan fingerprint density at radius 2 is 2.47 bits per heavy atom. The molecule has 0 radical (unpaired) electrons. The number of hydrogen-bond acceptors (Lipinski definition) is 3. The summed E-state index contributed by atoms with van der Waals surface area (Å²) in [4.78, 5) is 15.6. The van der Waals surface area contributed by atoms with Gasteiger partial charge in [0.1, 0.15) is 5.01 Å². The zero-order valence-electron chi connectivity index (χ0n) is 8.70. The Hall–Kier alpha value is -0.610. The Bertz CT molecular complexity index is 290. The Morgan fingerprint density at radius 1 is 1.67 bits per heavy atom. The van der Waals surface area contributed by atoms with Gasteiger partial charge in [0.05, 0.1) is 6.04 Å². The first-order chi connectivity index (χ1) is 7.24. The Kier molecular flexibility index (Phi) is 5.65. The number of unbranched alkanes of at least 4 members (excludes halogenated alkanes) is 1. The van der Waals surface area contributed by atoms with E-state index in [9.17, 15) is 4.79 Å². The zero-order valence-corrected chi connectivity index (χ0v) is 10.3. The van der Waals surface area contributed by atoms with Crippen LogP contribution in [0.1, 0.15) is 37.2 Å². The molecular formula is C10H15ClN2OS. The normalized spacial score (nSPS) is 12.4. The summed E-state index contributed by atoms with van der Waals surface area (Å²) >= 11 is 7.09. The Labute approximate surface area is 98.9 Å². The number of halogens is 1. The van der Waals surface area contributed by atoms with Gasteiger partial charge in [0.15, 0.2) is 0 Å². The van der Waals surface area contributed by atoms with Crippen LogP contribution in [-0.4, -0.2) is 16.8 Å². The summed E-state index contributed by atoms with van der Waals surface area (Å²) in [6.07, 6.45) is 4.03. The fourth-order valence-electron chi connectivity index (χ4n) is 1.20. The Balaban J connectivity index is 2.26. The molecule has 0 spiro atoms. The second-order valence-electron chi connectivity index (χ2n) is 3.31. The molecule has 84 valence electrons. The molecule has 0 saturated carbocycles. The van der Waals surface area contributed by atoms with E-state index in [-0.39, 0.29) is 11.9 Å². The molecule has 0 saturated heterocycles. The average Bonchev–Trinajstić information content (AvgIpc) is 2.70. The minimum atomic E-state index is 0.00787. The number of nitrogens with zero attached hydrogens (tertiary/aromatic N) is 1. The fraction of sp³-hybridized carbons (Fsp3) is 0.600. The van der Waals surface area contributed by atoms with Gasteiger partial charge in [0, 0.05) is 23.9 Å². The lowest BCUT2D eigenvalue weighted by Crippen LogP contribution is -2.26. The largest absolute Gasteiger partial charge is 0.347 e. The van der Waals surface area contributed by atoms with Gasteiger partial charge < -0.3 is 5.32 Å². The van der Waals surface area contributed by atoms with Crippen LogP contribution in [0.5, 0.6) is 0 Å². The number of carbonyl (C=O) groups is 1. The molecule has 1 atom stereocenters. The van der Waals surface area contributed by atoms with E-state index in [4.69, 9.17) is 11.6 Å². The first kappa shape index (κ1) is 12.5. The number of rotatable bonds is 6. The van der Waals surface area contributed by atoms with E-state index in [2.05, 4.69) is 10.3 Å². The molecule has 0 fully saturated rings. The van der Waals surface area contributed by atoms with Crippen molar-refractivity contribution in [3.8, 4) is 0 Å². The van der Waals surface area contributed by atoms with Crippen molar-refractivity contribution in [2.45, 2.75) is 32.2 Å². The molecule has 1 amide bonds. The topological polar surface area (TPSA) is 42.0 Å². The van der Waals surface area contributed by atoms with Crippen molar-refractivity contribution < 1.29 is 4.79 Å². The second kappa shape index (κ2) is 6.80. The third-order valence-corrected chi connectivity index (χ3v) is 3.21. The average molecular weight is 247 g/mol. The maximum absolute atomic E-state index is 11.4. The van der Waals surface area contributed by atoms with Gasteiger partial charge in [-0.3, -0.25) is 4.79 Å². The molecule has 3 nitrogen and oxygen atoms in total. The summed E-state index contributed by atoms with van der Waals surface area (Å²) in [5.41, 5.74) is 0. The smallest absolute Gasteiger partial charge is 0.220 e. The molecule has 1 aromatic rings. The highest BCUT2D eigenvalue weighted by Gasteiger charge is 2.10. The van der Waals surface area contributed by atoms with Crippen molar-refractivity contribution in [2.75, 3.05) is 5.88 Å². The maximum Gasteiger partial charge on any atom is 0.220 e. The van der Waals surface area contributed by atoms with Gasteiger partial charge in [0.2, 0.25) is 5.91 Å². The van der Waals surface area contributed by atoms with Crippen molar-refractivity contribution in [1.82, 2.24) is 10.3 Å². The van der Waals surface area contributed by atoms with E-state index >= 15 is 0 Å². The molecule has 0 aliphatic carbocycles. The lowest BCUT2D eigenvalue weighted by atomic mass is 10.2. The van der Waals surface area contributed by atoms with Crippen molar-refractivity contribution >= 4 is 28.8 Å². The highest BCUT2D eigenvalue weighted by atomic mass is 35.5. The summed E-state index contributed by atoms with van der Waals surface area (Å²) in [6.45, 7) is 1.94. The van der Waals surface area contributed by atoms with Crippen molar-refractivity contribution in [3.05, 3.63) is 16.6 Å². The monoisotopic (exact) mass is 246 g/mol.